The minimum Gasteiger partial charge on any atom is -0.340 e. The maximum atomic E-state index is 12.8. The van der Waals surface area contributed by atoms with Gasteiger partial charge in [0.1, 0.15) is 0 Å². The number of rotatable bonds is 3. The van der Waals surface area contributed by atoms with Crippen LogP contribution >= 0.6 is 0 Å². The van der Waals surface area contributed by atoms with Gasteiger partial charge >= 0.3 is 6.18 Å². The first kappa shape index (κ1) is 18.8. The van der Waals surface area contributed by atoms with Gasteiger partial charge in [-0.1, -0.05) is 31.4 Å². The van der Waals surface area contributed by atoms with E-state index in [0.29, 0.717) is 6.04 Å². The van der Waals surface area contributed by atoms with E-state index in [1.54, 1.807) is 0 Å². The fourth-order valence-electron chi connectivity index (χ4n) is 4.74. The van der Waals surface area contributed by atoms with Crippen LogP contribution in [0.4, 0.5) is 13.2 Å². The van der Waals surface area contributed by atoms with E-state index in [2.05, 4.69) is 4.90 Å². The third kappa shape index (κ3) is 4.15. The molecule has 0 aromatic heterocycles. The Balaban J connectivity index is 1.29. The molecule has 0 N–H and O–H groups in total. The van der Waals surface area contributed by atoms with Crippen molar-refractivity contribution in [2.75, 3.05) is 26.2 Å². The lowest BCUT2D eigenvalue weighted by Crippen LogP contribution is -2.52. The summed E-state index contributed by atoms with van der Waals surface area (Å²) in [6.07, 6.45) is 3.00. The molecule has 4 rings (SSSR count). The summed E-state index contributed by atoms with van der Waals surface area (Å²) >= 11 is 0. The number of halogens is 3. The van der Waals surface area contributed by atoms with Crippen molar-refractivity contribution in [3.63, 3.8) is 0 Å². The second-order valence-corrected chi connectivity index (χ2v) is 8.22. The number of hydrogen-bond acceptors (Lipinski definition) is 2. The topological polar surface area (TPSA) is 23.6 Å². The van der Waals surface area contributed by atoms with Gasteiger partial charge in [-0.25, -0.2) is 0 Å². The first-order valence-electron chi connectivity index (χ1n) is 10.1. The Kier molecular flexibility index (Phi) is 5.19. The summed E-state index contributed by atoms with van der Waals surface area (Å²) in [5.41, 5.74) is 0.218. The van der Waals surface area contributed by atoms with Crippen LogP contribution < -0.4 is 0 Å². The third-order valence-electron chi connectivity index (χ3n) is 6.49. The maximum Gasteiger partial charge on any atom is 0.416 e. The molecule has 1 amide bonds. The molecule has 27 heavy (non-hydrogen) atoms. The Morgan fingerprint density at radius 1 is 0.926 bits per heavy atom. The lowest BCUT2D eigenvalue weighted by molar-refractivity contribution is -0.137. The van der Waals surface area contributed by atoms with Gasteiger partial charge < -0.3 is 4.90 Å². The Morgan fingerprint density at radius 2 is 1.56 bits per heavy atom. The number of carbonyl (C=O) groups is 1. The number of alkyl halides is 3. The molecule has 2 saturated carbocycles. The van der Waals surface area contributed by atoms with E-state index in [1.165, 1.54) is 44.2 Å². The second-order valence-electron chi connectivity index (χ2n) is 8.22. The normalized spacial score (nSPS) is 27.6. The van der Waals surface area contributed by atoms with E-state index in [4.69, 9.17) is 0 Å². The summed E-state index contributed by atoms with van der Waals surface area (Å²) in [5.74, 6) is 0.210. The maximum absolute atomic E-state index is 12.8. The lowest BCUT2D eigenvalue weighted by Gasteiger charge is -2.40. The van der Waals surface area contributed by atoms with Crippen LogP contribution in [0.3, 0.4) is 0 Å². The molecule has 0 spiro atoms. The molecular formula is C21H27F3N2O. The van der Waals surface area contributed by atoms with Gasteiger partial charge in [-0.3, -0.25) is 9.69 Å². The number of hydrogen-bond donors (Lipinski definition) is 0. The molecule has 2 unspecified atom stereocenters. The van der Waals surface area contributed by atoms with Crippen LogP contribution in [-0.2, 0) is 11.0 Å². The van der Waals surface area contributed by atoms with E-state index in [9.17, 15) is 18.0 Å². The summed E-state index contributed by atoms with van der Waals surface area (Å²) in [4.78, 5) is 17.3. The zero-order valence-corrected chi connectivity index (χ0v) is 15.5. The van der Waals surface area contributed by atoms with Gasteiger partial charge in [0.05, 0.1) is 5.56 Å². The molecule has 2 aliphatic carbocycles. The van der Waals surface area contributed by atoms with E-state index < -0.39 is 11.7 Å². The quantitative estimate of drug-likeness (QED) is 0.781. The van der Waals surface area contributed by atoms with Crippen LogP contribution in [0, 0.1) is 5.92 Å². The summed E-state index contributed by atoms with van der Waals surface area (Å²) in [5, 5.41) is 0. The fraction of sp³-hybridized carbons (Fsp3) is 0.667. The molecule has 0 radical (unpaired) electrons. The Hall–Kier alpha value is -1.56. The molecule has 3 nitrogen and oxygen atoms in total. The standard InChI is InChI=1S/C21H27F3N2O/c22-21(23,24)16-8-6-15(7-9-16)18-14-19(18)20(27)26-12-10-25(11-13-26)17-4-2-1-3-5-17/h6-9,17-19H,1-5,10-14H2. The van der Waals surface area contributed by atoms with Crippen LogP contribution in [0.2, 0.25) is 0 Å². The fourth-order valence-corrected chi connectivity index (χ4v) is 4.74. The van der Waals surface area contributed by atoms with Crippen molar-refractivity contribution in [3.05, 3.63) is 35.4 Å². The van der Waals surface area contributed by atoms with Gasteiger partial charge in [0.25, 0.3) is 0 Å². The van der Waals surface area contributed by atoms with Crippen molar-refractivity contribution >= 4 is 5.91 Å². The van der Waals surface area contributed by atoms with Crippen molar-refractivity contribution in [1.82, 2.24) is 9.80 Å². The average molecular weight is 380 g/mol. The zero-order chi connectivity index (χ0) is 19.0. The summed E-state index contributed by atoms with van der Waals surface area (Å²) < 4.78 is 38.1. The zero-order valence-electron chi connectivity index (χ0n) is 15.5. The van der Waals surface area contributed by atoms with Crippen LogP contribution in [-0.4, -0.2) is 47.9 Å². The summed E-state index contributed by atoms with van der Waals surface area (Å²) in [6.45, 7) is 3.47. The molecule has 3 fully saturated rings. The average Bonchev–Trinajstić information content (AvgIpc) is 3.49. The van der Waals surface area contributed by atoms with Crippen LogP contribution in [0.25, 0.3) is 0 Å². The molecule has 1 heterocycles. The predicted molar refractivity (Wildman–Crippen MR) is 97.3 cm³/mol. The third-order valence-corrected chi connectivity index (χ3v) is 6.49. The first-order chi connectivity index (χ1) is 12.9. The molecule has 2 atom stereocenters. The highest BCUT2D eigenvalue weighted by atomic mass is 19.4. The van der Waals surface area contributed by atoms with Gasteiger partial charge in [0.15, 0.2) is 0 Å². The summed E-state index contributed by atoms with van der Waals surface area (Å²) in [6, 6.07) is 6.00. The van der Waals surface area contributed by atoms with Crippen LogP contribution in [0.15, 0.2) is 24.3 Å². The molecule has 148 valence electrons. The number of piperazine rings is 1. The Morgan fingerprint density at radius 3 is 2.15 bits per heavy atom. The van der Waals surface area contributed by atoms with Crippen molar-refractivity contribution in [1.29, 1.82) is 0 Å². The van der Waals surface area contributed by atoms with Gasteiger partial charge in [-0.2, -0.15) is 13.2 Å². The molecule has 1 aromatic rings. The molecule has 0 bridgehead atoms. The smallest absolute Gasteiger partial charge is 0.340 e. The second kappa shape index (κ2) is 7.46. The number of benzene rings is 1. The molecule has 1 aromatic carbocycles. The highest BCUT2D eigenvalue weighted by Crippen LogP contribution is 2.49. The van der Waals surface area contributed by atoms with Gasteiger partial charge in [-0.15, -0.1) is 0 Å². The number of amides is 1. The van der Waals surface area contributed by atoms with Gasteiger partial charge in [-0.05, 0) is 42.9 Å². The van der Waals surface area contributed by atoms with E-state index in [0.717, 1.165) is 50.3 Å². The Bertz CT molecular complexity index is 659. The van der Waals surface area contributed by atoms with Crippen molar-refractivity contribution < 1.29 is 18.0 Å². The van der Waals surface area contributed by atoms with Crippen LogP contribution in [0.1, 0.15) is 55.6 Å². The molecule has 6 heteroatoms. The van der Waals surface area contributed by atoms with E-state index in [-0.39, 0.29) is 17.7 Å². The minimum atomic E-state index is -4.31. The monoisotopic (exact) mass is 380 g/mol. The molecular weight excluding hydrogens is 353 g/mol. The minimum absolute atomic E-state index is 0.0528. The van der Waals surface area contributed by atoms with Crippen molar-refractivity contribution in [2.45, 2.75) is 56.7 Å². The highest BCUT2D eigenvalue weighted by Gasteiger charge is 2.46. The highest BCUT2D eigenvalue weighted by molar-refractivity contribution is 5.83. The lowest BCUT2D eigenvalue weighted by atomic mass is 9.94. The van der Waals surface area contributed by atoms with E-state index >= 15 is 0 Å². The van der Waals surface area contributed by atoms with Crippen molar-refractivity contribution in [2.24, 2.45) is 5.92 Å². The Labute approximate surface area is 158 Å². The first-order valence-corrected chi connectivity index (χ1v) is 10.1. The predicted octanol–water partition coefficient (Wildman–Crippen LogP) is 4.29. The SMILES string of the molecule is O=C(C1CC1c1ccc(C(F)(F)F)cc1)N1CCN(C2CCCCC2)CC1. The molecule has 1 aliphatic heterocycles. The summed E-state index contributed by atoms with van der Waals surface area (Å²) in [7, 11) is 0. The van der Waals surface area contributed by atoms with Crippen molar-refractivity contribution in [3.8, 4) is 0 Å². The van der Waals surface area contributed by atoms with Crippen LogP contribution in [0.5, 0.6) is 0 Å². The largest absolute Gasteiger partial charge is 0.416 e. The number of nitrogens with zero attached hydrogens (tertiary/aromatic N) is 2. The van der Waals surface area contributed by atoms with Gasteiger partial charge in [0, 0.05) is 38.1 Å². The van der Waals surface area contributed by atoms with Gasteiger partial charge in [0.2, 0.25) is 5.91 Å². The van der Waals surface area contributed by atoms with E-state index in [1.807, 2.05) is 4.90 Å². The molecule has 1 saturated heterocycles. The molecule has 3 aliphatic rings. The number of carbonyl (C=O) groups excluding carboxylic acids is 1.